The maximum absolute atomic E-state index is 13.1. The molecule has 3 rings (SSSR count). The summed E-state index contributed by atoms with van der Waals surface area (Å²) in [5.41, 5.74) is 12.0. The number of hydrogen-bond donors (Lipinski definition) is 8. The lowest BCUT2D eigenvalue weighted by atomic mass is 9.89. The van der Waals surface area contributed by atoms with Crippen LogP contribution < -0.4 is 27.2 Å². The van der Waals surface area contributed by atoms with E-state index in [4.69, 9.17) is 39.7 Å². The van der Waals surface area contributed by atoms with Crippen LogP contribution in [0.1, 0.15) is 35.2 Å². The number of halogens is 1. The van der Waals surface area contributed by atoms with Crippen molar-refractivity contribution in [1.82, 2.24) is 20.3 Å². The topological polar surface area (TPSA) is 275 Å². The Bertz CT molecular complexity index is 1730. The Hall–Kier alpha value is -5.40. The van der Waals surface area contributed by atoms with Crippen LogP contribution >= 0.6 is 11.6 Å². The molecule has 2 aromatic heterocycles. The Morgan fingerprint density at radius 3 is 2.47 bits per heavy atom. The van der Waals surface area contributed by atoms with Crippen molar-refractivity contribution >= 4 is 63.9 Å². The molecular formula is C28H30ClN7O9. The number of amides is 1. The molecule has 3 aromatic rings. The summed E-state index contributed by atoms with van der Waals surface area (Å²) in [5, 5.41) is 30.4. The third-order valence-corrected chi connectivity index (χ3v) is 7.17. The minimum absolute atomic E-state index is 0.0348. The number of benzene rings is 1. The second kappa shape index (κ2) is 14.9. The number of hydrogen-bond acceptors (Lipinski definition) is 10. The lowest BCUT2D eigenvalue weighted by molar-refractivity contribution is -0.148. The number of aromatic amines is 2. The fourth-order valence-corrected chi connectivity index (χ4v) is 4.90. The van der Waals surface area contributed by atoms with Gasteiger partial charge in [0.15, 0.2) is 5.78 Å². The average Bonchev–Trinajstić information content (AvgIpc) is 3.38. The van der Waals surface area contributed by atoms with E-state index >= 15 is 0 Å². The molecule has 0 aliphatic carbocycles. The molecular weight excluding hydrogens is 614 g/mol. The third kappa shape index (κ3) is 8.59. The quantitative estimate of drug-likeness (QED) is 0.0766. The van der Waals surface area contributed by atoms with Gasteiger partial charge in [0.2, 0.25) is 5.95 Å². The number of Topliss-reactive ketones (excluding diaryl/α,β-unsaturated/α-hetero) is 1. The fourth-order valence-electron chi connectivity index (χ4n) is 4.60. The summed E-state index contributed by atoms with van der Waals surface area (Å²) in [6.07, 6.45) is 5.70. The number of nitrogen functional groups attached to an aromatic ring is 1. The predicted molar refractivity (Wildman–Crippen MR) is 162 cm³/mol. The van der Waals surface area contributed by atoms with E-state index in [9.17, 15) is 33.9 Å². The minimum atomic E-state index is -1.92. The molecule has 2 heterocycles. The molecule has 17 heteroatoms. The molecule has 0 spiro atoms. The first-order chi connectivity index (χ1) is 21.2. The predicted octanol–water partition coefficient (Wildman–Crippen LogP) is 0.204. The van der Waals surface area contributed by atoms with Crippen molar-refractivity contribution in [2.24, 2.45) is 11.7 Å². The largest absolute Gasteiger partial charge is 0.481 e. The van der Waals surface area contributed by atoms with Gasteiger partial charge < -0.3 is 42.0 Å². The molecule has 3 atom stereocenters. The number of anilines is 2. The molecule has 0 saturated heterocycles. The van der Waals surface area contributed by atoms with Gasteiger partial charge in [0.05, 0.1) is 28.7 Å². The lowest BCUT2D eigenvalue weighted by Crippen LogP contribution is -2.47. The summed E-state index contributed by atoms with van der Waals surface area (Å²) < 4.78 is 0. The van der Waals surface area contributed by atoms with Gasteiger partial charge in [0, 0.05) is 24.7 Å². The molecule has 0 radical (unpaired) electrons. The Kier molecular flexibility index (Phi) is 11.3. The highest BCUT2D eigenvalue weighted by molar-refractivity contribution is 6.33. The smallest absolute Gasteiger partial charge is 0.320 e. The standard InChI is InChI=1S/C28H30ClN7O9/c1-2-8-36(9-7-14-12-32-23-21(14)25(41)35-28(31)34-23)19-5-3-13(10-16(19)29)24(40)33-18(4-6-20(37)38)22(39)15(26(42)43)11-17(30)27(44)45/h1,3,5,10,12,15,17-18H,4,6-9,11,30H2,(H,33,40)(H,37,38)(H,42,43)(H,44,45)(H4,31,32,34,35,41)/t15?,17-,18-/m0/s1. The third-order valence-electron chi connectivity index (χ3n) is 6.87. The van der Waals surface area contributed by atoms with Gasteiger partial charge in [-0.1, -0.05) is 17.5 Å². The first-order valence-corrected chi connectivity index (χ1v) is 13.7. The van der Waals surface area contributed by atoms with Crippen LogP contribution in [-0.2, 0) is 25.6 Å². The zero-order chi connectivity index (χ0) is 33.4. The normalized spacial score (nSPS) is 12.9. The highest BCUT2D eigenvalue weighted by Crippen LogP contribution is 2.28. The molecule has 1 amide bonds. The van der Waals surface area contributed by atoms with Crippen molar-refractivity contribution in [3.05, 3.63) is 50.9 Å². The number of fused-ring (bicyclic) bond motifs is 1. The number of aliphatic carboxylic acids is 3. The van der Waals surface area contributed by atoms with Gasteiger partial charge >= 0.3 is 17.9 Å². The van der Waals surface area contributed by atoms with Crippen LogP contribution in [0.15, 0.2) is 29.2 Å². The Morgan fingerprint density at radius 1 is 1.16 bits per heavy atom. The van der Waals surface area contributed by atoms with Crippen LogP contribution in [0, 0.1) is 18.3 Å². The zero-order valence-corrected chi connectivity index (χ0v) is 24.3. The molecule has 16 nitrogen and oxygen atoms in total. The van der Waals surface area contributed by atoms with Crippen LogP contribution in [-0.4, -0.2) is 85.0 Å². The van der Waals surface area contributed by atoms with Gasteiger partial charge in [-0.2, -0.15) is 4.98 Å². The molecule has 0 aliphatic heterocycles. The highest BCUT2D eigenvalue weighted by atomic mass is 35.5. The van der Waals surface area contributed by atoms with Crippen LogP contribution in [0.5, 0.6) is 0 Å². The van der Waals surface area contributed by atoms with Crippen LogP contribution in [0.2, 0.25) is 5.02 Å². The second-order valence-corrected chi connectivity index (χ2v) is 10.4. The van der Waals surface area contributed by atoms with Crippen molar-refractivity contribution in [3.8, 4) is 12.3 Å². The average molecular weight is 644 g/mol. The van der Waals surface area contributed by atoms with Crippen molar-refractivity contribution in [3.63, 3.8) is 0 Å². The van der Waals surface area contributed by atoms with Crippen molar-refractivity contribution in [2.75, 3.05) is 23.7 Å². The molecule has 238 valence electrons. The molecule has 1 aromatic carbocycles. The molecule has 1 unspecified atom stereocenters. The number of carboxylic acids is 3. The summed E-state index contributed by atoms with van der Waals surface area (Å²) in [6.45, 7) is 0.406. The van der Waals surface area contributed by atoms with E-state index < -0.39 is 72.4 Å². The number of aromatic nitrogens is 3. The number of rotatable bonds is 16. The minimum Gasteiger partial charge on any atom is -0.481 e. The lowest BCUT2D eigenvalue weighted by Gasteiger charge is -2.24. The summed E-state index contributed by atoms with van der Waals surface area (Å²) >= 11 is 6.52. The van der Waals surface area contributed by atoms with E-state index in [1.807, 2.05) is 0 Å². The monoisotopic (exact) mass is 643 g/mol. The van der Waals surface area contributed by atoms with Gasteiger partial charge in [-0.05, 0) is 43.0 Å². The number of terminal acetylenes is 1. The number of nitrogens with zero attached hydrogens (tertiary/aromatic N) is 2. The van der Waals surface area contributed by atoms with Crippen molar-refractivity contribution in [2.45, 2.75) is 37.8 Å². The number of nitrogens with one attached hydrogen (secondary N) is 3. The summed E-state index contributed by atoms with van der Waals surface area (Å²) in [7, 11) is 0. The van der Waals surface area contributed by atoms with E-state index in [0.717, 1.165) is 0 Å². The van der Waals surface area contributed by atoms with Crippen LogP contribution in [0.3, 0.4) is 0 Å². The van der Waals surface area contributed by atoms with E-state index in [2.05, 4.69) is 26.2 Å². The molecule has 45 heavy (non-hydrogen) atoms. The maximum atomic E-state index is 13.1. The Labute approximate surface area is 259 Å². The first-order valence-electron chi connectivity index (χ1n) is 13.3. The van der Waals surface area contributed by atoms with Gasteiger partial charge in [-0.15, -0.1) is 6.42 Å². The number of carbonyl (C=O) groups is 5. The van der Waals surface area contributed by atoms with E-state index in [1.165, 1.54) is 18.2 Å². The maximum Gasteiger partial charge on any atom is 0.320 e. The fraction of sp³-hybridized carbons (Fsp3) is 0.321. The van der Waals surface area contributed by atoms with E-state index in [0.29, 0.717) is 35.2 Å². The van der Waals surface area contributed by atoms with E-state index in [-0.39, 0.29) is 23.1 Å². The Balaban J connectivity index is 1.81. The first kappa shape index (κ1) is 34.1. The molecule has 0 fully saturated rings. The summed E-state index contributed by atoms with van der Waals surface area (Å²) in [4.78, 5) is 83.8. The van der Waals surface area contributed by atoms with E-state index in [1.54, 1.807) is 11.1 Å². The van der Waals surface area contributed by atoms with Gasteiger partial charge in [-0.25, -0.2) is 0 Å². The van der Waals surface area contributed by atoms with Gasteiger partial charge in [0.1, 0.15) is 17.6 Å². The van der Waals surface area contributed by atoms with Crippen molar-refractivity contribution < 1.29 is 39.3 Å². The summed E-state index contributed by atoms with van der Waals surface area (Å²) in [5.74, 6) is -5.93. The SMILES string of the molecule is C#CCN(CCc1c[nH]c2nc(N)[nH]c(=O)c12)c1ccc(C(=O)N[C@@H](CCC(=O)O)C(=O)C(C[C@H](N)C(=O)O)C(=O)O)cc1Cl. The van der Waals surface area contributed by atoms with Gasteiger partial charge in [0.25, 0.3) is 11.5 Å². The number of carbonyl (C=O) groups excluding carboxylic acids is 2. The second-order valence-electron chi connectivity index (χ2n) is 9.96. The number of H-pyrrole nitrogens is 2. The Morgan fingerprint density at radius 2 is 1.87 bits per heavy atom. The van der Waals surface area contributed by atoms with Crippen LogP contribution in [0.25, 0.3) is 11.0 Å². The van der Waals surface area contributed by atoms with Crippen LogP contribution in [0.4, 0.5) is 11.6 Å². The molecule has 0 saturated carbocycles. The number of ketones is 1. The zero-order valence-electron chi connectivity index (χ0n) is 23.6. The molecule has 10 N–H and O–H groups in total. The summed E-state index contributed by atoms with van der Waals surface area (Å²) in [6, 6.07) is 0.883. The number of nitrogens with two attached hydrogens (primary N) is 2. The van der Waals surface area contributed by atoms with Crippen molar-refractivity contribution in [1.29, 1.82) is 0 Å². The molecule has 0 bridgehead atoms. The van der Waals surface area contributed by atoms with Gasteiger partial charge in [-0.3, -0.25) is 33.8 Å². The highest BCUT2D eigenvalue weighted by Gasteiger charge is 2.36. The molecule has 0 aliphatic rings. The number of carboxylic acid groups (broad SMARTS) is 3.